The summed E-state index contributed by atoms with van der Waals surface area (Å²) in [6.45, 7) is 5.22. The third kappa shape index (κ3) is 4.38. The van der Waals surface area contributed by atoms with E-state index in [0.717, 1.165) is 32.7 Å². The number of morpholine rings is 1. The fraction of sp³-hybridized carbons (Fsp3) is 0.765. The quantitative estimate of drug-likeness (QED) is 0.792. The van der Waals surface area contributed by atoms with Crippen molar-refractivity contribution in [1.82, 2.24) is 19.9 Å². The van der Waals surface area contributed by atoms with Crippen molar-refractivity contribution in [1.29, 1.82) is 0 Å². The van der Waals surface area contributed by atoms with Crippen LogP contribution < -0.4 is 0 Å². The zero-order valence-corrected chi connectivity index (χ0v) is 15.1. The van der Waals surface area contributed by atoms with Crippen LogP contribution in [0.3, 0.4) is 0 Å². The molecule has 3 rings (SSSR count). The molecule has 1 N–H and O–H groups in total. The minimum absolute atomic E-state index is 0.0970. The Hall–Kier alpha value is -1.48. The van der Waals surface area contributed by atoms with Crippen LogP contribution >= 0.6 is 0 Å². The Bertz CT molecular complexity index is 571. The molecule has 0 bridgehead atoms. The van der Waals surface area contributed by atoms with Crippen molar-refractivity contribution in [3.8, 4) is 0 Å². The highest BCUT2D eigenvalue weighted by Gasteiger charge is 2.33. The Morgan fingerprint density at radius 1 is 1.36 bits per heavy atom. The maximum Gasteiger partial charge on any atom is 0.276 e. The molecule has 1 amide bonds. The van der Waals surface area contributed by atoms with Gasteiger partial charge in [0.05, 0.1) is 19.8 Å². The highest BCUT2D eigenvalue weighted by molar-refractivity contribution is 5.92. The van der Waals surface area contributed by atoms with Crippen LogP contribution in [0, 0.1) is 5.92 Å². The molecular weight excluding hydrogens is 324 g/mol. The number of aromatic nitrogens is 1. The highest BCUT2D eigenvalue weighted by atomic mass is 16.5. The Balaban J connectivity index is 1.61. The number of carbonyl (C=O) groups is 1. The standard InChI is InChI=1S/C17H28N4O4/c1-19(2)16-11-21(4-3-13(16)12-22)17(23)15-9-14(25-18-15)10-20-5-7-24-8-6-20/h9,13,16,22H,3-8,10-12H2,1-2H3/t13-,16-/m1/s1. The maximum atomic E-state index is 12.8. The summed E-state index contributed by atoms with van der Waals surface area (Å²) < 4.78 is 10.7. The van der Waals surface area contributed by atoms with Crippen molar-refractivity contribution in [3.63, 3.8) is 0 Å². The monoisotopic (exact) mass is 352 g/mol. The second-order valence-corrected chi connectivity index (χ2v) is 7.08. The number of aliphatic hydroxyl groups excluding tert-OH is 1. The van der Waals surface area contributed by atoms with Crippen LogP contribution in [0.4, 0.5) is 0 Å². The lowest BCUT2D eigenvalue weighted by Gasteiger charge is -2.40. The molecule has 140 valence electrons. The molecule has 1 aromatic heterocycles. The normalized spacial score (nSPS) is 25.5. The highest BCUT2D eigenvalue weighted by Crippen LogP contribution is 2.22. The van der Waals surface area contributed by atoms with Gasteiger partial charge in [0.15, 0.2) is 11.5 Å². The predicted molar refractivity (Wildman–Crippen MR) is 91.2 cm³/mol. The van der Waals surface area contributed by atoms with Crippen LogP contribution in [0.25, 0.3) is 0 Å². The van der Waals surface area contributed by atoms with Gasteiger partial charge in [-0.1, -0.05) is 5.16 Å². The first kappa shape index (κ1) is 18.3. The Labute approximate surface area is 148 Å². The third-order valence-corrected chi connectivity index (χ3v) is 5.17. The molecule has 0 unspecified atom stereocenters. The summed E-state index contributed by atoms with van der Waals surface area (Å²) in [6, 6.07) is 1.91. The third-order valence-electron chi connectivity index (χ3n) is 5.17. The van der Waals surface area contributed by atoms with E-state index >= 15 is 0 Å². The van der Waals surface area contributed by atoms with Gasteiger partial charge in [0.2, 0.25) is 0 Å². The van der Waals surface area contributed by atoms with Gasteiger partial charge in [-0.05, 0) is 20.5 Å². The molecule has 2 aliphatic heterocycles. The molecule has 8 nitrogen and oxygen atoms in total. The van der Waals surface area contributed by atoms with E-state index in [0.29, 0.717) is 31.1 Å². The number of ether oxygens (including phenoxy) is 1. The fourth-order valence-corrected chi connectivity index (χ4v) is 3.59. The largest absolute Gasteiger partial charge is 0.396 e. The van der Waals surface area contributed by atoms with Crippen molar-refractivity contribution in [2.75, 3.05) is 60.1 Å². The summed E-state index contributed by atoms with van der Waals surface area (Å²) in [6.07, 6.45) is 0.795. The number of hydrogen-bond acceptors (Lipinski definition) is 7. The lowest BCUT2D eigenvalue weighted by molar-refractivity contribution is 0.0304. The fourth-order valence-electron chi connectivity index (χ4n) is 3.59. The molecule has 0 aliphatic carbocycles. The lowest BCUT2D eigenvalue weighted by Crippen LogP contribution is -2.53. The van der Waals surface area contributed by atoms with Gasteiger partial charge in [-0.25, -0.2) is 0 Å². The molecule has 0 radical (unpaired) electrons. The molecule has 0 saturated carbocycles. The van der Waals surface area contributed by atoms with Crippen molar-refractivity contribution in [2.24, 2.45) is 5.92 Å². The molecular formula is C17H28N4O4. The maximum absolute atomic E-state index is 12.8. The van der Waals surface area contributed by atoms with Crippen LogP contribution in [0.2, 0.25) is 0 Å². The van der Waals surface area contributed by atoms with Crippen molar-refractivity contribution in [2.45, 2.75) is 19.0 Å². The van der Waals surface area contributed by atoms with Crippen molar-refractivity contribution < 1.29 is 19.2 Å². The van der Waals surface area contributed by atoms with E-state index in [4.69, 9.17) is 9.26 Å². The average Bonchev–Trinajstić information content (AvgIpc) is 3.09. The van der Waals surface area contributed by atoms with Gasteiger partial charge in [0.25, 0.3) is 5.91 Å². The summed E-state index contributed by atoms with van der Waals surface area (Å²) in [4.78, 5) is 18.9. The summed E-state index contributed by atoms with van der Waals surface area (Å²) in [7, 11) is 3.97. The number of rotatable bonds is 5. The summed E-state index contributed by atoms with van der Waals surface area (Å²) >= 11 is 0. The lowest BCUT2D eigenvalue weighted by atomic mass is 9.91. The van der Waals surface area contributed by atoms with E-state index in [1.54, 1.807) is 6.07 Å². The zero-order chi connectivity index (χ0) is 17.8. The van der Waals surface area contributed by atoms with Gasteiger partial charge in [-0.3, -0.25) is 9.69 Å². The molecule has 0 spiro atoms. The smallest absolute Gasteiger partial charge is 0.276 e. The van der Waals surface area contributed by atoms with Gasteiger partial charge < -0.3 is 24.2 Å². The van der Waals surface area contributed by atoms with Gasteiger partial charge >= 0.3 is 0 Å². The van der Waals surface area contributed by atoms with E-state index in [9.17, 15) is 9.90 Å². The first-order valence-electron chi connectivity index (χ1n) is 8.90. The van der Waals surface area contributed by atoms with E-state index < -0.39 is 0 Å². The molecule has 2 fully saturated rings. The molecule has 0 aromatic carbocycles. The average molecular weight is 352 g/mol. The first-order chi connectivity index (χ1) is 12.1. The van der Waals surface area contributed by atoms with E-state index in [1.807, 2.05) is 19.0 Å². The molecule has 2 aliphatic rings. The van der Waals surface area contributed by atoms with E-state index in [-0.39, 0.29) is 24.5 Å². The van der Waals surface area contributed by atoms with Crippen LogP contribution in [-0.4, -0.2) is 97.0 Å². The van der Waals surface area contributed by atoms with Gasteiger partial charge in [-0.15, -0.1) is 0 Å². The summed E-state index contributed by atoms with van der Waals surface area (Å²) in [5.41, 5.74) is 0.364. The SMILES string of the molecule is CN(C)[C@@H]1CN(C(=O)c2cc(CN3CCOCC3)on2)CC[C@@H]1CO. The number of carbonyl (C=O) groups excluding carboxylic acids is 1. The van der Waals surface area contributed by atoms with Crippen LogP contribution in [-0.2, 0) is 11.3 Å². The molecule has 25 heavy (non-hydrogen) atoms. The van der Waals surface area contributed by atoms with Crippen LogP contribution in [0.5, 0.6) is 0 Å². The molecule has 3 heterocycles. The van der Waals surface area contributed by atoms with Gasteiger partial charge in [-0.2, -0.15) is 0 Å². The van der Waals surface area contributed by atoms with Crippen molar-refractivity contribution in [3.05, 3.63) is 17.5 Å². The molecule has 8 heteroatoms. The first-order valence-corrected chi connectivity index (χ1v) is 8.90. The predicted octanol–water partition coefficient (Wildman–Crippen LogP) is -0.109. The summed E-state index contributed by atoms with van der Waals surface area (Å²) in [5, 5.41) is 13.5. The molecule has 2 atom stereocenters. The zero-order valence-electron chi connectivity index (χ0n) is 15.1. The van der Waals surface area contributed by atoms with Crippen LogP contribution in [0.1, 0.15) is 22.7 Å². The number of amides is 1. The van der Waals surface area contributed by atoms with Gasteiger partial charge in [0.1, 0.15) is 0 Å². The second kappa shape index (κ2) is 8.27. The second-order valence-electron chi connectivity index (χ2n) is 7.08. The van der Waals surface area contributed by atoms with E-state index in [2.05, 4.69) is 15.0 Å². The summed E-state index contributed by atoms with van der Waals surface area (Å²) in [5.74, 6) is 0.813. The minimum Gasteiger partial charge on any atom is -0.396 e. The topological polar surface area (TPSA) is 82.3 Å². The number of aliphatic hydroxyl groups is 1. The van der Waals surface area contributed by atoms with Crippen LogP contribution in [0.15, 0.2) is 10.6 Å². The number of nitrogens with zero attached hydrogens (tertiary/aromatic N) is 4. The minimum atomic E-state index is -0.0970. The number of piperidine rings is 1. The molecule has 1 aromatic rings. The number of likely N-dealkylation sites (tertiary alicyclic amines) is 1. The van der Waals surface area contributed by atoms with Gasteiger partial charge in [0, 0.05) is 50.8 Å². The van der Waals surface area contributed by atoms with E-state index in [1.165, 1.54) is 0 Å². The Morgan fingerprint density at radius 3 is 2.80 bits per heavy atom. The van der Waals surface area contributed by atoms with Crippen molar-refractivity contribution >= 4 is 5.91 Å². The Kier molecular flexibility index (Phi) is 6.06. The Morgan fingerprint density at radius 2 is 2.12 bits per heavy atom. The molecule has 2 saturated heterocycles. The number of likely N-dealkylation sites (N-methyl/N-ethyl adjacent to an activating group) is 1. The number of hydrogen-bond donors (Lipinski definition) is 1.